The molecule has 2 heterocycles. The number of hydrogen-bond donors (Lipinski definition) is 1. The fourth-order valence-electron chi connectivity index (χ4n) is 2.11. The maximum atomic E-state index is 12.8. The van der Waals surface area contributed by atoms with Gasteiger partial charge in [-0.2, -0.15) is 13.2 Å². The normalized spacial score (nSPS) is 13.0. The molecular weight excluding hydrogens is 407 g/mol. The molecule has 0 bridgehead atoms. The lowest BCUT2D eigenvalue weighted by Crippen LogP contribution is -2.23. The van der Waals surface area contributed by atoms with Gasteiger partial charge in [0.2, 0.25) is 5.91 Å². The Morgan fingerprint density at radius 3 is 2.81 bits per heavy atom. The standard InChI is InChI=1S/C16H11ClF3N3OS2/c1-8(26-15-10-4-5-25-14(10)21-7-22-15)13(24)23-12-6-9(16(18,19)20)2-3-11(12)17/h2-8H,1H3,(H,23,24)/t8-/m1/s1. The highest BCUT2D eigenvalue weighted by atomic mass is 35.5. The lowest BCUT2D eigenvalue weighted by Gasteiger charge is -2.14. The second-order valence-corrected chi connectivity index (χ2v) is 7.89. The van der Waals surface area contributed by atoms with E-state index in [4.69, 9.17) is 11.6 Å². The van der Waals surface area contributed by atoms with E-state index in [1.54, 1.807) is 6.92 Å². The number of carbonyl (C=O) groups is 1. The summed E-state index contributed by atoms with van der Waals surface area (Å²) in [5, 5.41) is 5.22. The van der Waals surface area contributed by atoms with Crippen molar-refractivity contribution in [1.82, 2.24) is 9.97 Å². The van der Waals surface area contributed by atoms with Gasteiger partial charge in [0.25, 0.3) is 0 Å². The molecule has 1 aromatic carbocycles. The maximum absolute atomic E-state index is 12.8. The number of amides is 1. The number of benzene rings is 1. The van der Waals surface area contributed by atoms with Crippen LogP contribution in [0.4, 0.5) is 18.9 Å². The molecule has 136 valence electrons. The first-order valence-electron chi connectivity index (χ1n) is 7.28. The number of hydrogen-bond acceptors (Lipinski definition) is 5. The van der Waals surface area contributed by atoms with E-state index in [0.29, 0.717) is 5.03 Å². The first kappa shape index (κ1) is 18.9. The number of thiophene rings is 1. The van der Waals surface area contributed by atoms with Crippen molar-refractivity contribution in [2.24, 2.45) is 0 Å². The lowest BCUT2D eigenvalue weighted by molar-refractivity contribution is -0.137. The summed E-state index contributed by atoms with van der Waals surface area (Å²) in [6, 6.07) is 4.65. The number of thioether (sulfide) groups is 1. The van der Waals surface area contributed by atoms with Gasteiger partial charge < -0.3 is 5.32 Å². The number of halogens is 4. The molecule has 0 fully saturated rings. The first-order valence-corrected chi connectivity index (χ1v) is 9.42. The van der Waals surface area contributed by atoms with Crippen molar-refractivity contribution in [1.29, 1.82) is 0 Å². The first-order chi connectivity index (χ1) is 12.3. The average Bonchev–Trinajstić information content (AvgIpc) is 3.05. The van der Waals surface area contributed by atoms with Gasteiger partial charge in [-0.25, -0.2) is 9.97 Å². The Bertz CT molecular complexity index is 961. The molecule has 0 saturated carbocycles. The van der Waals surface area contributed by atoms with E-state index in [1.165, 1.54) is 29.4 Å². The number of aromatic nitrogens is 2. The van der Waals surface area contributed by atoms with Crippen LogP contribution >= 0.6 is 34.7 Å². The molecule has 0 spiro atoms. The van der Waals surface area contributed by atoms with Crippen LogP contribution in [-0.2, 0) is 11.0 Å². The zero-order chi connectivity index (χ0) is 18.9. The molecule has 0 radical (unpaired) electrons. The molecule has 1 N–H and O–H groups in total. The molecule has 0 saturated heterocycles. The Morgan fingerprint density at radius 2 is 2.08 bits per heavy atom. The van der Waals surface area contributed by atoms with Crippen molar-refractivity contribution < 1.29 is 18.0 Å². The molecule has 0 unspecified atom stereocenters. The quantitative estimate of drug-likeness (QED) is 0.451. The van der Waals surface area contributed by atoms with Gasteiger partial charge in [-0.3, -0.25) is 4.79 Å². The summed E-state index contributed by atoms with van der Waals surface area (Å²) < 4.78 is 38.5. The van der Waals surface area contributed by atoms with E-state index < -0.39 is 22.9 Å². The lowest BCUT2D eigenvalue weighted by atomic mass is 10.2. The van der Waals surface area contributed by atoms with Gasteiger partial charge in [-0.15, -0.1) is 11.3 Å². The molecular formula is C16H11ClF3N3OS2. The van der Waals surface area contributed by atoms with Crippen molar-refractivity contribution in [3.8, 4) is 0 Å². The van der Waals surface area contributed by atoms with E-state index in [0.717, 1.165) is 28.4 Å². The van der Waals surface area contributed by atoms with Gasteiger partial charge in [0.05, 0.1) is 21.5 Å². The molecule has 3 rings (SSSR count). The number of carbonyl (C=O) groups excluding carboxylic acids is 1. The minimum Gasteiger partial charge on any atom is -0.324 e. The predicted molar refractivity (Wildman–Crippen MR) is 97.8 cm³/mol. The SMILES string of the molecule is C[C@@H](Sc1ncnc2sccc12)C(=O)Nc1cc(C(F)(F)F)ccc1Cl. The smallest absolute Gasteiger partial charge is 0.324 e. The monoisotopic (exact) mass is 417 g/mol. The topological polar surface area (TPSA) is 54.9 Å². The van der Waals surface area contributed by atoms with Gasteiger partial charge in [-0.1, -0.05) is 23.4 Å². The van der Waals surface area contributed by atoms with Gasteiger partial charge in [-0.05, 0) is 36.6 Å². The largest absolute Gasteiger partial charge is 0.416 e. The summed E-state index contributed by atoms with van der Waals surface area (Å²) in [6.45, 7) is 1.64. The van der Waals surface area contributed by atoms with Gasteiger partial charge in [0.1, 0.15) is 16.2 Å². The zero-order valence-electron chi connectivity index (χ0n) is 13.2. The fourth-order valence-corrected chi connectivity index (χ4v) is 3.98. The van der Waals surface area contributed by atoms with Gasteiger partial charge in [0.15, 0.2) is 0 Å². The Labute approximate surface area is 159 Å². The van der Waals surface area contributed by atoms with Crippen molar-refractivity contribution in [2.45, 2.75) is 23.4 Å². The Morgan fingerprint density at radius 1 is 1.31 bits per heavy atom. The van der Waals surface area contributed by atoms with Crippen molar-refractivity contribution >= 4 is 56.5 Å². The molecule has 2 aromatic heterocycles. The minimum atomic E-state index is -4.52. The van der Waals surface area contributed by atoms with Crippen LogP contribution in [0.15, 0.2) is 41.0 Å². The van der Waals surface area contributed by atoms with Crippen LogP contribution in [0.5, 0.6) is 0 Å². The highest BCUT2D eigenvalue weighted by Gasteiger charge is 2.31. The van der Waals surface area contributed by atoms with Crippen LogP contribution in [0.3, 0.4) is 0 Å². The number of rotatable bonds is 4. The Kier molecular flexibility index (Phi) is 5.40. The average molecular weight is 418 g/mol. The maximum Gasteiger partial charge on any atom is 0.416 e. The minimum absolute atomic E-state index is 0.0332. The predicted octanol–water partition coefficient (Wildman–Crippen LogP) is 5.48. The van der Waals surface area contributed by atoms with Crippen molar-refractivity contribution in [3.63, 3.8) is 0 Å². The number of nitrogens with one attached hydrogen (secondary N) is 1. The molecule has 1 amide bonds. The number of fused-ring (bicyclic) bond motifs is 1. The summed E-state index contributed by atoms with van der Waals surface area (Å²) in [5.74, 6) is -0.474. The van der Waals surface area contributed by atoms with Crippen LogP contribution < -0.4 is 5.32 Å². The number of anilines is 1. The summed E-state index contributed by atoms with van der Waals surface area (Å²) in [6.07, 6.45) is -3.11. The molecule has 0 aliphatic heterocycles. The molecule has 3 aromatic rings. The molecule has 0 aliphatic carbocycles. The summed E-state index contributed by atoms with van der Waals surface area (Å²) in [7, 11) is 0. The molecule has 1 atom stereocenters. The number of alkyl halides is 3. The van der Waals surface area contributed by atoms with E-state index in [9.17, 15) is 18.0 Å². The van der Waals surface area contributed by atoms with Crippen molar-refractivity contribution in [3.05, 3.63) is 46.6 Å². The van der Waals surface area contributed by atoms with E-state index in [2.05, 4.69) is 15.3 Å². The second-order valence-electron chi connectivity index (χ2n) is 5.26. The van der Waals surface area contributed by atoms with Crippen LogP contribution in [0.1, 0.15) is 12.5 Å². The van der Waals surface area contributed by atoms with Crippen molar-refractivity contribution in [2.75, 3.05) is 5.32 Å². The van der Waals surface area contributed by atoms with Gasteiger partial charge >= 0.3 is 6.18 Å². The molecule has 10 heteroatoms. The van der Waals surface area contributed by atoms with E-state index in [1.807, 2.05) is 11.4 Å². The highest BCUT2D eigenvalue weighted by Crippen LogP contribution is 2.35. The second kappa shape index (κ2) is 7.42. The summed E-state index contributed by atoms with van der Waals surface area (Å²) >= 11 is 8.57. The highest BCUT2D eigenvalue weighted by molar-refractivity contribution is 8.00. The summed E-state index contributed by atoms with van der Waals surface area (Å²) in [4.78, 5) is 21.5. The Hall–Kier alpha value is -1.84. The third kappa shape index (κ3) is 4.11. The van der Waals surface area contributed by atoms with Crippen LogP contribution in [-0.4, -0.2) is 21.1 Å². The molecule has 4 nitrogen and oxygen atoms in total. The number of nitrogens with zero attached hydrogens (tertiary/aromatic N) is 2. The van der Waals surface area contributed by atoms with Crippen LogP contribution in [0.2, 0.25) is 5.02 Å². The zero-order valence-corrected chi connectivity index (χ0v) is 15.6. The molecule has 0 aliphatic rings. The van der Waals surface area contributed by atoms with E-state index in [-0.39, 0.29) is 10.7 Å². The Balaban J connectivity index is 1.77. The molecule has 26 heavy (non-hydrogen) atoms. The van der Waals surface area contributed by atoms with E-state index >= 15 is 0 Å². The fraction of sp³-hybridized carbons (Fsp3) is 0.188. The van der Waals surface area contributed by atoms with Gasteiger partial charge in [0, 0.05) is 5.39 Å². The summed E-state index contributed by atoms with van der Waals surface area (Å²) in [5.41, 5.74) is -0.962. The third-order valence-corrected chi connectivity index (χ3v) is 5.70. The third-order valence-electron chi connectivity index (χ3n) is 3.43. The van der Waals surface area contributed by atoms with Crippen LogP contribution in [0, 0.1) is 0 Å². The van der Waals surface area contributed by atoms with Crippen LogP contribution in [0.25, 0.3) is 10.2 Å².